The lowest BCUT2D eigenvalue weighted by atomic mass is 10.1. The van der Waals surface area contributed by atoms with E-state index in [4.69, 9.17) is 9.15 Å². The van der Waals surface area contributed by atoms with E-state index in [2.05, 4.69) is 15.6 Å². The quantitative estimate of drug-likeness (QED) is 0.369. The molecule has 2 aromatic heterocycles. The highest BCUT2D eigenvalue weighted by atomic mass is 16.5. The molecule has 0 aliphatic carbocycles. The Morgan fingerprint density at radius 1 is 0.941 bits per heavy atom. The Morgan fingerprint density at radius 3 is 2.59 bits per heavy atom. The summed E-state index contributed by atoms with van der Waals surface area (Å²) in [4.78, 5) is 13.0. The first kappa shape index (κ1) is 20.0. The third-order valence-electron chi connectivity index (χ3n) is 5.92. The summed E-state index contributed by atoms with van der Waals surface area (Å²) >= 11 is 0. The fourth-order valence-electron chi connectivity index (χ4n) is 4.18. The lowest BCUT2D eigenvalue weighted by Crippen LogP contribution is -2.13. The van der Waals surface area contributed by atoms with E-state index in [1.165, 1.54) is 0 Å². The number of rotatable bonds is 5. The Labute approximate surface area is 194 Å². The third-order valence-corrected chi connectivity index (χ3v) is 5.92. The number of benzene rings is 4. The van der Waals surface area contributed by atoms with Crippen LogP contribution in [0.1, 0.15) is 15.9 Å². The standard InChI is InChI=1S/C27H20N4O3/c1-33-26-14-20-19-6-2-5-9-24(19)34-25(20)15-22(26)28-27(32)18-12-10-17(11-13-18)16-31-23-8-4-3-7-21(23)29-30-31/h2-15H,16H2,1H3,(H,28,32). The van der Waals surface area contributed by atoms with Crippen LogP contribution in [0.4, 0.5) is 5.69 Å². The predicted octanol–water partition coefficient (Wildman–Crippen LogP) is 5.64. The number of amides is 1. The van der Waals surface area contributed by atoms with Crippen molar-refractivity contribution in [2.75, 3.05) is 12.4 Å². The van der Waals surface area contributed by atoms with Crippen LogP contribution in [0.5, 0.6) is 5.75 Å². The number of methoxy groups -OCH3 is 1. The van der Waals surface area contributed by atoms with E-state index in [0.717, 1.165) is 33.0 Å². The number of fused-ring (bicyclic) bond motifs is 4. The molecule has 0 radical (unpaired) electrons. The SMILES string of the molecule is COc1cc2c(cc1NC(=O)c1ccc(Cn3nnc4ccccc43)cc1)oc1ccccc12. The maximum absolute atomic E-state index is 13.0. The fourth-order valence-corrected chi connectivity index (χ4v) is 4.18. The van der Waals surface area contributed by atoms with Crippen molar-refractivity contribution < 1.29 is 13.9 Å². The Hall–Kier alpha value is -4.65. The van der Waals surface area contributed by atoms with Crippen LogP contribution < -0.4 is 10.1 Å². The second kappa shape index (κ2) is 8.04. The molecule has 7 heteroatoms. The van der Waals surface area contributed by atoms with E-state index >= 15 is 0 Å². The van der Waals surface area contributed by atoms with Gasteiger partial charge in [0.25, 0.3) is 5.91 Å². The maximum atomic E-state index is 13.0. The van der Waals surface area contributed by atoms with Crippen LogP contribution in [0.15, 0.2) is 89.3 Å². The average Bonchev–Trinajstić information content (AvgIpc) is 3.44. The van der Waals surface area contributed by atoms with Gasteiger partial charge in [-0.1, -0.05) is 47.7 Å². The topological polar surface area (TPSA) is 82.2 Å². The zero-order valence-corrected chi connectivity index (χ0v) is 18.4. The number of hydrogen-bond donors (Lipinski definition) is 1. The van der Waals surface area contributed by atoms with Gasteiger partial charge in [0, 0.05) is 22.4 Å². The summed E-state index contributed by atoms with van der Waals surface area (Å²) in [5.74, 6) is 0.341. The van der Waals surface area contributed by atoms with Gasteiger partial charge in [0.1, 0.15) is 22.4 Å². The molecule has 0 unspecified atom stereocenters. The lowest BCUT2D eigenvalue weighted by Gasteiger charge is -2.11. The molecule has 2 heterocycles. The summed E-state index contributed by atoms with van der Waals surface area (Å²) in [6.07, 6.45) is 0. The summed E-state index contributed by atoms with van der Waals surface area (Å²) in [6, 6.07) is 26.8. The van der Waals surface area contributed by atoms with Gasteiger partial charge in [-0.05, 0) is 42.0 Å². The molecule has 0 saturated heterocycles. The second-order valence-corrected chi connectivity index (χ2v) is 8.03. The molecule has 0 aliphatic rings. The maximum Gasteiger partial charge on any atom is 0.255 e. The van der Waals surface area contributed by atoms with E-state index in [1.807, 2.05) is 71.4 Å². The van der Waals surface area contributed by atoms with Gasteiger partial charge < -0.3 is 14.5 Å². The van der Waals surface area contributed by atoms with E-state index in [1.54, 1.807) is 25.3 Å². The minimum atomic E-state index is -0.230. The summed E-state index contributed by atoms with van der Waals surface area (Å²) < 4.78 is 13.4. The minimum absolute atomic E-state index is 0.230. The molecular formula is C27H20N4O3. The molecule has 0 atom stereocenters. The fraction of sp³-hybridized carbons (Fsp3) is 0.0741. The van der Waals surface area contributed by atoms with Gasteiger partial charge in [-0.25, -0.2) is 4.68 Å². The second-order valence-electron chi connectivity index (χ2n) is 8.03. The third kappa shape index (κ3) is 3.44. The number of hydrogen-bond acceptors (Lipinski definition) is 5. The molecule has 0 spiro atoms. The Kier molecular flexibility index (Phi) is 4.73. The molecule has 1 N–H and O–H groups in total. The molecule has 34 heavy (non-hydrogen) atoms. The Morgan fingerprint density at radius 2 is 1.74 bits per heavy atom. The van der Waals surface area contributed by atoms with Crippen LogP contribution in [0.2, 0.25) is 0 Å². The molecule has 7 nitrogen and oxygen atoms in total. The first-order valence-electron chi connectivity index (χ1n) is 10.9. The Balaban J connectivity index is 1.24. The van der Waals surface area contributed by atoms with Crippen LogP contribution in [0.3, 0.4) is 0 Å². The minimum Gasteiger partial charge on any atom is -0.495 e. The van der Waals surface area contributed by atoms with Gasteiger partial charge in [0.05, 0.1) is 24.9 Å². The number of ether oxygens (including phenoxy) is 1. The lowest BCUT2D eigenvalue weighted by molar-refractivity contribution is 0.102. The summed E-state index contributed by atoms with van der Waals surface area (Å²) in [6.45, 7) is 0.568. The molecule has 0 aliphatic heterocycles. The van der Waals surface area contributed by atoms with Crippen LogP contribution in [-0.2, 0) is 6.54 Å². The average molecular weight is 448 g/mol. The molecule has 6 aromatic rings. The van der Waals surface area contributed by atoms with Crippen LogP contribution in [-0.4, -0.2) is 28.0 Å². The van der Waals surface area contributed by atoms with Gasteiger partial charge in [-0.3, -0.25) is 4.79 Å². The van der Waals surface area contributed by atoms with Gasteiger partial charge in [-0.15, -0.1) is 5.10 Å². The van der Waals surface area contributed by atoms with Gasteiger partial charge in [0.2, 0.25) is 0 Å². The van der Waals surface area contributed by atoms with Crippen molar-refractivity contribution in [3.8, 4) is 5.75 Å². The van der Waals surface area contributed by atoms with E-state index in [9.17, 15) is 4.79 Å². The number of anilines is 1. The molecule has 1 amide bonds. The van der Waals surface area contributed by atoms with Crippen LogP contribution in [0, 0.1) is 0 Å². The zero-order chi connectivity index (χ0) is 23.1. The molecule has 0 saturated carbocycles. The summed E-state index contributed by atoms with van der Waals surface area (Å²) in [5.41, 5.74) is 5.42. The highest BCUT2D eigenvalue weighted by molar-refractivity contribution is 6.10. The molecule has 4 aromatic carbocycles. The first-order valence-corrected chi connectivity index (χ1v) is 10.9. The van der Waals surface area contributed by atoms with E-state index < -0.39 is 0 Å². The van der Waals surface area contributed by atoms with Gasteiger partial charge in [0.15, 0.2) is 0 Å². The smallest absolute Gasteiger partial charge is 0.255 e. The van der Waals surface area contributed by atoms with Crippen LogP contribution >= 0.6 is 0 Å². The predicted molar refractivity (Wildman–Crippen MR) is 131 cm³/mol. The van der Waals surface area contributed by atoms with Crippen molar-refractivity contribution >= 4 is 44.6 Å². The largest absolute Gasteiger partial charge is 0.495 e. The summed E-state index contributed by atoms with van der Waals surface area (Å²) in [7, 11) is 1.59. The number of carbonyl (C=O) groups is 1. The number of aromatic nitrogens is 3. The van der Waals surface area contributed by atoms with Crippen molar-refractivity contribution in [3.05, 3.63) is 96.1 Å². The van der Waals surface area contributed by atoms with E-state index in [0.29, 0.717) is 29.1 Å². The molecule has 0 bridgehead atoms. The van der Waals surface area contributed by atoms with Crippen molar-refractivity contribution in [1.29, 1.82) is 0 Å². The monoisotopic (exact) mass is 448 g/mol. The highest BCUT2D eigenvalue weighted by Crippen LogP contribution is 2.36. The Bertz CT molecular complexity index is 1660. The van der Waals surface area contributed by atoms with Gasteiger partial charge >= 0.3 is 0 Å². The molecule has 166 valence electrons. The zero-order valence-electron chi connectivity index (χ0n) is 18.4. The van der Waals surface area contributed by atoms with Crippen LogP contribution in [0.25, 0.3) is 33.0 Å². The highest BCUT2D eigenvalue weighted by Gasteiger charge is 2.15. The van der Waals surface area contributed by atoms with Crippen molar-refractivity contribution in [2.24, 2.45) is 0 Å². The van der Waals surface area contributed by atoms with Crippen molar-refractivity contribution in [3.63, 3.8) is 0 Å². The number of carbonyl (C=O) groups excluding carboxylic acids is 1. The number of furan rings is 1. The molecular weight excluding hydrogens is 428 g/mol. The summed E-state index contributed by atoms with van der Waals surface area (Å²) in [5, 5.41) is 13.3. The van der Waals surface area contributed by atoms with Crippen molar-refractivity contribution in [1.82, 2.24) is 15.0 Å². The molecule has 0 fully saturated rings. The van der Waals surface area contributed by atoms with Gasteiger partial charge in [-0.2, -0.15) is 0 Å². The number of para-hydroxylation sites is 2. The first-order chi connectivity index (χ1) is 16.7. The number of nitrogens with zero attached hydrogens (tertiary/aromatic N) is 3. The normalized spacial score (nSPS) is 11.3. The number of nitrogens with one attached hydrogen (secondary N) is 1. The van der Waals surface area contributed by atoms with Crippen molar-refractivity contribution in [2.45, 2.75) is 6.54 Å². The molecule has 6 rings (SSSR count). The van der Waals surface area contributed by atoms with E-state index in [-0.39, 0.29) is 5.91 Å².